The number of hydrogen-bond acceptors (Lipinski definition) is 2. The smallest absolute Gasteiger partial charge is 0.166 e. The Morgan fingerprint density at radius 2 is 0.553 bits per heavy atom. The second kappa shape index (κ2) is 9.81. The van der Waals surface area contributed by atoms with Gasteiger partial charge in [-0.1, -0.05) is 21.6 Å². The molecule has 0 radical (unpaired) electrons. The molecule has 0 heterocycles. The molecule has 0 aliphatic carbocycles. The first kappa shape index (κ1) is 32.1. The van der Waals surface area contributed by atoms with Crippen molar-refractivity contribution in [3.63, 3.8) is 0 Å². The van der Waals surface area contributed by atoms with Crippen LogP contribution in [-0.4, -0.2) is 0 Å². The lowest BCUT2D eigenvalue weighted by Gasteiger charge is -2.24. The van der Waals surface area contributed by atoms with Crippen LogP contribution in [0.4, 0.5) is 79.0 Å². The largest absolute Gasteiger partial charge is 0.418 e. The molecule has 0 spiro atoms. The van der Waals surface area contributed by atoms with E-state index >= 15 is 0 Å². The number of rotatable bonds is 3. The molecule has 2 rings (SSSR count). The van der Waals surface area contributed by atoms with Crippen molar-refractivity contribution in [2.45, 2.75) is 46.8 Å². The molecule has 0 atom stereocenters. The molecule has 0 aromatic heterocycles. The maximum Gasteiger partial charge on any atom is 0.418 e. The van der Waals surface area contributed by atoms with E-state index < -0.39 is 114 Å². The first-order chi connectivity index (χ1) is 16.7. The fraction of sp³-hybridized carbons (Fsp3) is 0.333. The number of halogens is 18. The zero-order valence-electron chi connectivity index (χ0n) is 16.9. The van der Waals surface area contributed by atoms with Gasteiger partial charge in [0.05, 0.1) is 33.4 Å². The Labute approximate surface area is 205 Å². The van der Waals surface area contributed by atoms with Crippen LogP contribution in [0.3, 0.4) is 0 Å². The van der Waals surface area contributed by atoms with Gasteiger partial charge in [0.25, 0.3) is 0 Å². The zero-order chi connectivity index (χ0) is 29.9. The van der Waals surface area contributed by atoms with Gasteiger partial charge in [0, 0.05) is 9.79 Å². The summed E-state index contributed by atoms with van der Waals surface area (Å²) in [5, 5.41) is 0. The molecule has 20 heteroatoms. The van der Waals surface area contributed by atoms with Crippen LogP contribution in [-0.2, 0) is 37.1 Å². The van der Waals surface area contributed by atoms with Crippen LogP contribution in [0.25, 0.3) is 0 Å². The molecule has 214 valence electrons. The van der Waals surface area contributed by atoms with E-state index in [-0.39, 0.29) is 12.1 Å². The van der Waals surface area contributed by atoms with Gasteiger partial charge in [-0.25, -0.2) is 0 Å². The second-order valence-electron chi connectivity index (χ2n) is 6.88. The highest BCUT2D eigenvalue weighted by molar-refractivity contribution is 8.76. The van der Waals surface area contributed by atoms with Crippen LogP contribution in [0.5, 0.6) is 0 Å². The minimum atomic E-state index is -6.33. The second-order valence-corrected chi connectivity index (χ2v) is 9.09. The minimum Gasteiger partial charge on any atom is -0.166 e. The highest BCUT2D eigenvalue weighted by Crippen LogP contribution is 2.55. The molecule has 0 aliphatic heterocycles. The molecular weight excluding hydrogens is 622 g/mol. The van der Waals surface area contributed by atoms with Crippen molar-refractivity contribution < 1.29 is 79.0 Å². The quantitative estimate of drug-likeness (QED) is 0.246. The topological polar surface area (TPSA) is 0 Å². The standard InChI is InChI=1S/C18H4F18S2/c19-13(20,21)5-1-3-7(11(17(31,32)33)9(5)15(25,26)27)37-38-8-4-2-6(14(22,23)24)10(16(28,29)30)12(8)18(34,35)36/h1-4H. The average Bonchev–Trinajstić information content (AvgIpc) is 2.66. The van der Waals surface area contributed by atoms with E-state index in [0.29, 0.717) is 0 Å². The van der Waals surface area contributed by atoms with Crippen molar-refractivity contribution in [2.24, 2.45) is 0 Å². The molecule has 0 fully saturated rings. The van der Waals surface area contributed by atoms with Crippen LogP contribution in [0.2, 0.25) is 0 Å². The summed E-state index contributed by atoms with van der Waals surface area (Å²) in [7, 11) is -1.56. The van der Waals surface area contributed by atoms with Crippen molar-refractivity contribution in [2.75, 3.05) is 0 Å². The average molecular weight is 626 g/mol. The number of alkyl halides is 18. The third-order valence-electron chi connectivity index (χ3n) is 4.30. The Morgan fingerprint density at radius 1 is 0.316 bits per heavy atom. The fourth-order valence-corrected chi connectivity index (χ4v) is 5.42. The highest BCUT2D eigenvalue weighted by atomic mass is 33.1. The fourth-order valence-electron chi connectivity index (χ4n) is 3.02. The molecule has 0 aliphatic rings. The summed E-state index contributed by atoms with van der Waals surface area (Å²) in [5.41, 5.74) is -18.2. The molecule has 0 amide bonds. The summed E-state index contributed by atoms with van der Waals surface area (Å²) in [5.74, 6) is 0. The van der Waals surface area contributed by atoms with Crippen LogP contribution in [0, 0.1) is 0 Å². The molecule has 2 aromatic rings. The van der Waals surface area contributed by atoms with Gasteiger partial charge in [-0.3, -0.25) is 0 Å². The Balaban J connectivity index is 2.84. The first-order valence-corrected chi connectivity index (χ1v) is 10.9. The molecule has 2 aromatic carbocycles. The Morgan fingerprint density at radius 3 is 0.737 bits per heavy atom. The Bertz CT molecular complexity index is 1080. The van der Waals surface area contributed by atoms with E-state index in [0.717, 1.165) is 0 Å². The van der Waals surface area contributed by atoms with Gasteiger partial charge in [0.1, 0.15) is 0 Å². The number of benzene rings is 2. The van der Waals surface area contributed by atoms with Gasteiger partial charge >= 0.3 is 37.1 Å². The molecule has 38 heavy (non-hydrogen) atoms. The third-order valence-corrected chi connectivity index (χ3v) is 6.75. The maximum atomic E-state index is 13.5. The van der Waals surface area contributed by atoms with Crippen molar-refractivity contribution in [3.05, 3.63) is 57.6 Å². The Hall–Kier alpha value is -2.12. The predicted molar refractivity (Wildman–Crippen MR) is 94.6 cm³/mol. The summed E-state index contributed by atoms with van der Waals surface area (Å²) in [6, 6.07) is -1.42. The predicted octanol–water partition coefficient (Wildman–Crippen LogP) is 10.6. The van der Waals surface area contributed by atoms with Crippen molar-refractivity contribution in [1.29, 1.82) is 0 Å². The van der Waals surface area contributed by atoms with E-state index in [2.05, 4.69) is 0 Å². The Kier molecular flexibility index (Phi) is 8.29. The summed E-state index contributed by atoms with van der Waals surface area (Å²) in [4.78, 5) is -3.63. The third kappa shape index (κ3) is 6.90. The minimum absolute atomic E-state index is 0.222. The van der Waals surface area contributed by atoms with Gasteiger partial charge < -0.3 is 0 Å². The molecule has 0 N–H and O–H groups in total. The lowest BCUT2D eigenvalue weighted by Crippen LogP contribution is -2.24. The zero-order valence-corrected chi connectivity index (χ0v) is 18.6. The SMILES string of the molecule is FC(F)(F)c1ccc(SSc2ccc(C(F)(F)F)c(C(F)(F)F)c2C(F)(F)F)c(C(F)(F)F)c1C(F)(F)F. The molecule has 0 saturated carbocycles. The summed E-state index contributed by atoms with van der Waals surface area (Å²) in [6.07, 6.45) is -37.1. The normalized spacial score (nSPS) is 14.3. The summed E-state index contributed by atoms with van der Waals surface area (Å²) >= 11 is 0. The van der Waals surface area contributed by atoms with Crippen LogP contribution in [0.15, 0.2) is 34.1 Å². The van der Waals surface area contributed by atoms with Crippen molar-refractivity contribution in [3.8, 4) is 0 Å². The van der Waals surface area contributed by atoms with Crippen LogP contribution < -0.4 is 0 Å². The molecule has 0 saturated heterocycles. The summed E-state index contributed by atoms with van der Waals surface area (Å²) < 4.78 is 238. The molecule has 0 bridgehead atoms. The van der Waals surface area contributed by atoms with E-state index in [1.54, 1.807) is 0 Å². The highest BCUT2D eigenvalue weighted by Gasteiger charge is 2.53. The lowest BCUT2D eigenvalue weighted by molar-refractivity contribution is -0.176. The van der Waals surface area contributed by atoms with Gasteiger partial charge in [-0.05, 0) is 24.3 Å². The maximum absolute atomic E-state index is 13.5. The van der Waals surface area contributed by atoms with E-state index in [1.807, 2.05) is 0 Å². The van der Waals surface area contributed by atoms with Gasteiger partial charge in [-0.15, -0.1) is 0 Å². The van der Waals surface area contributed by atoms with Crippen molar-refractivity contribution >= 4 is 21.6 Å². The molecule has 0 nitrogen and oxygen atoms in total. The van der Waals surface area contributed by atoms with E-state index in [4.69, 9.17) is 0 Å². The van der Waals surface area contributed by atoms with E-state index in [9.17, 15) is 79.0 Å². The van der Waals surface area contributed by atoms with E-state index in [1.165, 1.54) is 0 Å². The van der Waals surface area contributed by atoms with Crippen LogP contribution in [0.1, 0.15) is 33.4 Å². The lowest BCUT2D eigenvalue weighted by atomic mass is 9.99. The monoisotopic (exact) mass is 626 g/mol. The first-order valence-electron chi connectivity index (χ1n) is 8.80. The van der Waals surface area contributed by atoms with Gasteiger partial charge in [-0.2, -0.15) is 79.0 Å². The molecular formula is C18H4F18S2. The molecule has 0 unspecified atom stereocenters. The summed E-state index contributed by atoms with van der Waals surface area (Å²) in [6.45, 7) is 0. The van der Waals surface area contributed by atoms with Crippen molar-refractivity contribution in [1.82, 2.24) is 0 Å². The van der Waals surface area contributed by atoms with Crippen LogP contribution >= 0.6 is 21.6 Å². The van der Waals surface area contributed by atoms with Gasteiger partial charge in [0.15, 0.2) is 0 Å². The van der Waals surface area contributed by atoms with Gasteiger partial charge in [0.2, 0.25) is 0 Å². The number of hydrogen-bond donors (Lipinski definition) is 0.